The van der Waals surface area contributed by atoms with Crippen LogP contribution in [0.15, 0.2) is 97.3 Å². The monoisotopic (exact) mass is 1230 g/mol. The predicted molar refractivity (Wildman–Crippen MR) is 315 cm³/mol. The van der Waals surface area contributed by atoms with Gasteiger partial charge in [0.2, 0.25) is 11.9 Å². The van der Waals surface area contributed by atoms with E-state index in [9.17, 15) is 40.7 Å². The van der Waals surface area contributed by atoms with Crippen LogP contribution in [-0.4, -0.2) is 75.9 Å². The van der Waals surface area contributed by atoms with E-state index in [4.69, 9.17) is 33.0 Å². The Kier molecular flexibility index (Phi) is 21.9. The molecule has 0 aliphatic rings. The molecule has 10 N–H and O–H groups in total. The molecule has 4 aromatic carbocycles. The molecular formula is C54H57Cl3F6N16O5. The maximum Gasteiger partial charge on any atom is 0.435 e. The SMILES string of the molecule is CO.Cc1cc(Nc2nc(Nc3cc(NC(=O)Nc4ccc(Cl)c(C(F)(F)F)c4)ccc3C)ncc2C)n[nH]1.Cc1ccc(NC(=O)Nc2ccc(Cl)c(C(F)(F)F)c2)cc1Nc1ncc(C)c(Nc2cc(C)n(C(=O)OC(C)(C)C)n2)n1.Cl. The predicted octanol–water partition coefficient (Wildman–Crippen LogP) is 15.1. The first-order valence-electron chi connectivity index (χ1n) is 24.6. The molecule has 0 spiro atoms. The Balaban J connectivity index is 0.000000299. The van der Waals surface area contributed by atoms with Crippen molar-refractivity contribution >= 4 is 123 Å². The summed E-state index contributed by atoms with van der Waals surface area (Å²) in [5.41, 5.74) is 3.65. The molecule has 0 radical (unpaired) electrons. The third kappa shape index (κ3) is 18.5. The quantitative estimate of drug-likeness (QED) is 0.0509. The van der Waals surface area contributed by atoms with E-state index in [-0.39, 0.29) is 29.7 Å². The van der Waals surface area contributed by atoms with Gasteiger partial charge in [0.15, 0.2) is 11.6 Å². The Hall–Kier alpha value is -8.92. The van der Waals surface area contributed by atoms with Crippen molar-refractivity contribution in [3.05, 3.63) is 152 Å². The molecular weight excluding hydrogens is 1170 g/mol. The number of hydrogen-bond acceptors (Lipinski definition) is 15. The summed E-state index contributed by atoms with van der Waals surface area (Å²) < 4.78 is 85.3. The van der Waals surface area contributed by atoms with E-state index < -0.39 is 57.3 Å². The molecule has 4 amide bonds. The van der Waals surface area contributed by atoms with E-state index in [1.54, 1.807) is 89.5 Å². The van der Waals surface area contributed by atoms with Crippen LogP contribution in [0.3, 0.4) is 0 Å². The number of aliphatic hydroxyl groups excluding tert-OH is 1. The minimum absolute atomic E-state index is 0. The van der Waals surface area contributed by atoms with Gasteiger partial charge in [0.05, 0.1) is 21.2 Å². The number of benzene rings is 4. The molecule has 0 fully saturated rings. The van der Waals surface area contributed by atoms with Gasteiger partial charge in [-0.2, -0.15) is 46.1 Å². The molecule has 0 unspecified atom stereocenters. The summed E-state index contributed by atoms with van der Waals surface area (Å²) in [4.78, 5) is 55.1. The minimum atomic E-state index is -4.67. The molecule has 4 aromatic heterocycles. The first-order chi connectivity index (χ1) is 39.0. The van der Waals surface area contributed by atoms with Crippen molar-refractivity contribution in [2.75, 3.05) is 49.6 Å². The zero-order valence-electron chi connectivity index (χ0n) is 46.4. The molecule has 0 saturated heterocycles. The highest BCUT2D eigenvalue weighted by atomic mass is 35.5. The van der Waals surface area contributed by atoms with Gasteiger partial charge in [-0.15, -0.1) is 17.5 Å². The Morgan fingerprint density at radius 3 is 1.36 bits per heavy atom. The third-order valence-corrected chi connectivity index (χ3v) is 11.8. The fraction of sp³-hybridized carbons (Fsp3) is 0.241. The van der Waals surface area contributed by atoms with Crippen LogP contribution in [0.4, 0.5) is 110 Å². The van der Waals surface area contributed by atoms with Crippen LogP contribution in [0.25, 0.3) is 0 Å². The van der Waals surface area contributed by atoms with Crippen molar-refractivity contribution in [1.29, 1.82) is 0 Å². The van der Waals surface area contributed by atoms with Crippen LogP contribution < -0.4 is 42.5 Å². The number of aryl methyl sites for hydroxylation is 6. The summed E-state index contributed by atoms with van der Waals surface area (Å²) in [6.07, 6.45) is -6.67. The smallest absolute Gasteiger partial charge is 0.435 e. The highest BCUT2D eigenvalue weighted by molar-refractivity contribution is 6.32. The first-order valence-corrected chi connectivity index (χ1v) is 25.3. The number of halogens is 9. The lowest BCUT2D eigenvalue weighted by molar-refractivity contribution is -0.138. The number of alkyl halides is 6. The largest absolute Gasteiger partial charge is 0.442 e. The van der Waals surface area contributed by atoms with Crippen LogP contribution in [0.5, 0.6) is 0 Å². The number of hydrogen-bond donors (Lipinski definition) is 10. The number of aromatic nitrogens is 8. The lowest BCUT2D eigenvalue weighted by Gasteiger charge is -2.19. The molecule has 0 aliphatic carbocycles. The second kappa shape index (κ2) is 27.9. The number of aliphatic hydroxyl groups is 1. The van der Waals surface area contributed by atoms with E-state index in [0.717, 1.165) is 58.4 Å². The maximum absolute atomic E-state index is 13.2. The molecule has 84 heavy (non-hydrogen) atoms. The normalized spacial score (nSPS) is 11.1. The summed E-state index contributed by atoms with van der Waals surface area (Å²) in [6.45, 7) is 16.3. The molecule has 8 aromatic rings. The topological polar surface area (TPSA) is 275 Å². The number of carbonyl (C=O) groups is 3. The summed E-state index contributed by atoms with van der Waals surface area (Å²) >= 11 is 11.3. The molecule has 0 atom stereocenters. The zero-order valence-corrected chi connectivity index (χ0v) is 48.7. The summed E-state index contributed by atoms with van der Waals surface area (Å²) in [7, 11) is 1.00. The Bertz CT molecular complexity index is 3650. The number of nitrogens with one attached hydrogen (secondary N) is 9. The van der Waals surface area contributed by atoms with E-state index in [1.165, 1.54) is 12.1 Å². The second-order valence-corrected chi connectivity index (χ2v) is 19.9. The second-order valence-electron chi connectivity index (χ2n) is 19.1. The Morgan fingerprint density at radius 1 is 0.560 bits per heavy atom. The highest BCUT2D eigenvalue weighted by Crippen LogP contribution is 2.38. The third-order valence-electron chi connectivity index (χ3n) is 11.1. The van der Waals surface area contributed by atoms with Crippen LogP contribution >= 0.6 is 35.6 Å². The number of carbonyl (C=O) groups excluding carboxylic acids is 3. The van der Waals surface area contributed by atoms with E-state index in [1.807, 2.05) is 33.8 Å². The van der Waals surface area contributed by atoms with Crippen molar-refractivity contribution in [2.24, 2.45) is 0 Å². The fourth-order valence-electron chi connectivity index (χ4n) is 7.15. The van der Waals surface area contributed by atoms with Gasteiger partial charge in [0.25, 0.3) is 0 Å². The van der Waals surface area contributed by atoms with Gasteiger partial charge in [-0.25, -0.2) is 24.4 Å². The number of aromatic amines is 1. The van der Waals surface area contributed by atoms with Gasteiger partial charge < -0.3 is 52.4 Å². The first kappa shape index (κ1) is 65.9. The summed E-state index contributed by atoms with van der Waals surface area (Å²) in [6, 6.07) is 18.3. The zero-order chi connectivity index (χ0) is 61.1. The minimum Gasteiger partial charge on any atom is -0.442 e. The lowest BCUT2D eigenvalue weighted by Crippen LogP contribution is -2.28. The van der Waals surface area contributed by atoms with Gasteiger partial charge in [0.1, 0.15) is 17.2 Å². The summed E-state index contributed by atoms with van der Waals surface area (Å²) in [5, 5.41) is 39.8. The van der Waals surface area contributed by atoms with Gasteiger partial charge in [-0.05, 0) is 134 Å². The van der Waals surface area contributed by atoms with Crippen LogP contribution in [0.1, 0.15) is 65.5 Å². The molecule has 21 nitrogen and oxygen atoms in total. The van der Waals surface area contributed by atoms with Crippen molar-refractivity contribution in [2.45, 2.75) is 80.3 Å². The number of nitrogens with zero attached hydrogens (tertiary/aromatic N) is 7. The average Bonchev–Trinajstić information content (AvgIpc) is 4.05. The number of rotatable bonds is 12. The molecule has 8 rings (SSSR count). The molecule has 446 valence electrons. The van der Waals surface area contributed by atoms with Gasteiger partial charge in [0, 0.05) is 88.3 Å². The number of H-pyrrole nitrogens is 1. The number of ether oxygens (including phenoxy) is 1. The van der Waals surface area contributed by atoms with Crippen LogP contribution in [-0.2, 0) is 17.1 Å². The van der Waals surface area contributed by atoms with E-state index in [2.05, 4.69) is 77.8 Å². The summed E-state index contributed by atoms with van der Waals surface area (Å²) in [5.74, 6) is 2.53. The molecule has 0 saturated carbocycles. The molecule has 30 heteroatoms. The number of anilines is 12. The van der Waals surface area contributed by atoms with Crippen molar-refractivity contribution in [3.8, 4) is 0 Å². The number of urea groups is 2. The van der Waals surface area contributed by atoms with Crippen molar-refractivity contribution < 1.29 is 50.6 Å². The van der Waals surface area contributed by atoms with Gasteiger partial charge in [-0.3, -0.25) is 5.10 Å². The average molecular weight is 1230 g/mol. The van der Waals surface area contributed by atoms with Crippen LogP contribution in [0.2, 0.25) is 10.0 Å². The maximum atomic E-state index is 13.2. The number of amides is 4. The Morgan fingerprint density at radius 2 is 0.964 bits per heavy atom. The van der Waals surface area contributed by atoms with Crippen molar-refractivity contribution in [3.63, 3.8) is 0 Å². The van der Waals surface area contributed by atoms with Crippen molar-refractivity contribution in [1.82, 2.24) is 39.9 Å². The Labute approximate surface area is 493 Å². The molecule has 0 bridgehead atoms. The fourth-order valence-corrected chi connectivity index (χ4v) is 7.59. The van der Waals surface area contributed by atoms with E-state index >= 15 is 0 Å². The van der Waals surface area contributed by atoms with Crippen LogP contribution in [0, 0.1) is 41.5 Å². The van der Waals surface area contributed by atoms with Gasteiger partial charge >= 0.3 is 30.5 Å². The highest BCUT2D eigenvalue weighted by Gasteiger charge is 2.34. The molecule has 0 aliphatic heterocycles. The lowest BCUT2D eigenvalue weighted by atomic mass is 10.2. The standard InChI is InChI=1S/C29H30ClF3N8O3.C24H22ClF3N8O.CH4O.ClH/c1-15-7-8-19(36-26(42)35-18-9-10-21(30)20(12-18)29(31,32)33)13-22(15)37-25-34-14-16(2)24(39-25)38-23-11-17(3)41(40-23)27(43)44-28(4,5)6;1-12-4-5-16(31-23(37)30-15-6-7-18(25)17(9-15)24(26,27)28)10-19(12)32-22-29-11-13(2)21(34-22)33-20-8-14(3)35-36-20;1-2;/h7-14H,1-6H3,(H2,35,36,42)(H2,34,37,38,39,40);4-11H,1-3H3,(H2,30,31,37)(H3,29,32,33,34,35,36);2H,1H3;1H. The van der Waals surface area contributed by atoms with Gasteiger partial charge in [-0.1, -0.05) is 35.3 Å². The molecule has 4 heterocycles. The van der Waals surface area contributed by atoms with E-state index in [0.29, 0.717) is 63.2 Å².